The van der Waals surface area contributed by atoms with Crippen LogP contribution in [0.25, 0.3) is 22.1 Å². The Morgan fingerprint density at radius 1 is 1.12 bits per heavy atom. The van der Waals surface area contributed by atoms with Gasteiger partial charge in [0.1, 0.15) is 17.6 Å². The van der Waals surface area contributed by atoms with Crippen LogP contribution >= 0.6 is 0 Å². The number of ether oxygens (including phenoxy) is 1. The van der Waals surface area contributed by atoms with Crippen molar-refractivity contribution in [3.05, 3.63) is 64.5 Å². The van der Waals surface area contributed by atoms with Gasteiger partial charge in [0.2, 0.25) is 5.43 Å². The molecule has 0 spiro atoms. The minimum atomic E-state index is -0.403. The Hall–Kier alpha value is -2.88. The van der Waals surface area contributed by atoms with Crippen LogP contribution in [-0.2, 0) is 4.79 Å². The molecule has 0 bridgehead atoms. The van der Waals surface area contributed by atoms with Crippen LogP contribution in [0, 0.1) is 0 Å². The smallest absolute Gasteiger partial charge is 0.308 e. The normalized spacial score (nSPS) is 11.0. The largest absolute Gasteiger partial charge is 0.463 e. The van der Waals surface area contributed by atoms with Crippen molar-refractivity contribution in [3.8, 4) is 16.9 Å². The molecule has 4 heteroatoms. The highest BCUT2D eigenvalue weighted by Crippen LogP contribution is 2.31. The molecule has 0 aliphatic heterocycles. The van der Waals surface area contributed by atoms with Gasteiger partial charge in [-0.05, 0) is 23.1 Å². The summed E-state index contributed by atoms with van der Waals surface area (Å²) in [4.78, 5) is 24.2. The monoisotopic (exact) mass is 322 g/mol. The van der Waals surface area contributed by atoms with Crippen molar-refractivity contribution in [1.82, 2.24) is 0 Å². The number of rotatable bonds is 3. The number of fused-ring (bicyclic) bond motifs is 1. The predicted molar refractivity (Wildman–Crippen MR) is 93.3 cm³/mol. The summed E-state index contributed by atoms with van der Waals surface area (Å²) in [5, 5.41) is 0.482. The van der Waals surface area contributed by atoms with Crippen molar-refractivity contribution in [2.45, 2.75) is 26.7 Å². The number of benzene rings is 2. The quantitative estimate of drug-likeness (QED) is 0.526. The highest BCUT2D eigenvalue weighted by Gasteiger charge is 2.16. The average Bonchev–Trinajstić information content (AvgIpc) is 2.55. The lowest BCUT2D eigenvalue weighted by molar-refractivity contribution is -0.131. The number of carbonyl (C=O) groups is 1. The third-order valence-electron chi connectivity index (χ3n) is 3.87. The summed E-state index contributed by atoms with van der Waals surface area (Å²) in [7, 11) is 0. The molecule has 1 heterocycles. The molecule has 0 saturated heterocycles. The zero-order chi connectivity index (χ0) is 17.3. The zero-order valence-electron chi connectivity index (χ0n) is 13.8. The zero-order valence-corrected chi connectivity index (χ0v) is 13.8. The molecule has 1 aromatic heterocycles. The van der Waals surface area contributed by atoms with E-state index in [1.807, 2.05) is 44.2 Å². The highest BCUT2D eigenvalue weighted by molar-refractivity contribution is 5.84. The lowest BCUT2D eigenvalue weighted by atomic mass is 9.98. The van der Waals surface area contributed by atoms with Crippen LogP contribution in [0.4, 0.5) is 0 Å². The van der Waals surface area contributed by atoms with Gasteiger partial charge in [0.25, 0.3) is 0 Å². The standard InChI is InChI=1S/C20H18O4/c1-12(2)15-9-16-18(10-19(15)24-13(3)21)23-11-17(20(16)22)14-7-5-4-6-8-14/h4-12H,1-3H3. The van der Waals surface area contributed by atoms with Crippen molar-refractivity contribution < 1.29 is 13.9 Å². The molecule has 0 saturated carbocycles. The van der Waals surface area contributed by atoms with E-state index in [4.69, 9.17) is 9.15 Å². The molecule has 3 aromatic rings. The van der Waals surface area contributed by atoms with Crippen molar-refractivity contribution in [2.75, 3.05) is 0 Å². The first-order valence-electron chi connectivity index (χ1n) is 7.80. The lowest BCUT2D eigenvalue weighted by Gasteiger charge is -2.13. The summed E-state index contributed by atoms with van der Waals surface area (Å²) in [5.74, 6) is 0.128. The maximum absolute atomic E-state index is 12.9. The van der Waals surface area contributed by atoms with Crippen LogP contribution in [0.2, 0.25) is 0 Å². The van der Waals surface area contributed by atoms with Gasteiger partial charge >= 0.3 is 5.97 Å². The Morgan fingerprint density at radius 3 is 2.46 bits per heavy atom. The number of hydrogen-bond donors (Lipinski definition) is 0. The Morgan fingerprint density at radius 2 is 1.83 bits per heavy atom. The maximum atomic E-state index is 12.9. The van der Waals surface area contributed by atoms with Crippen molar-refractivity contribution >= 4 is 16.9 Å². The number of carbonyl (C=O) groups excluding carboxylic acids is 1. The summed E-state index contributed by atoms with van der Waals surface area (Å²) in [6.45, 7) is 5.32. The topological polar surface area (TPSA) is 56.5 Å². The molecule has 2 aromatic carbocycles. The second kappa shape index (κ2) is 6.32. The van der Waals surface area contributed by atoms with Crippen molar-refractivity contribution in [3.63, 3.8) is 0 Å². The third-order valence-corrected chi connectivity index (χ3v) is 3.87. The summed E-state index contributed by atoms with van der Waals surface area (Å²) in [6, 6.07) is 12.8. The second-order valence-corrected chi connectivity index (χ2v) is 5.98. The molecule has 0 aliphatic carbocycles. The summed E-state index contributed by atoms with van der Waals surface area (Å²) in [6.07, 6.45) is 1.45. The van der Waals surface area contributed by atoms with Crippen molar-refractivity contribution in [2.24, 2.45) is 0 Å². The van der Waals surface area contributed by atoms with Gasteiger partial charge in [0.15, 0.2) is 0 Å². The van der Waals surface area contributed by atoms with E-state index in [2.05, 4.69) is 0 Å². The number of hydrogen-bond acceptors (Lipinski definition) is 4. The van der Waals surface area contributed by atoms with Gasteiger partial charge < -0.3 is 9.15 Å². The minimum absolute atomic E-state index is 0.0984. The fourth-order valence-corrected chi connectivity index (χ4v) is 2.69. The molecular formula is C20H18O4. The van der Waals surface area contributed by atoms with Crippen LogP contribution in [0.15, 0.2) is 57.9 Å². The summed E-state index contributed by atoms with van der Waals surface area (Å²) < 4.78 is 10.9. The van der Waals surface area contributed by atoms with E-state index in [-0.39, 0.29) is 11.3 Å². The summed E-state index contributed by atoms with van der Waals surface area (Å²) in [5.41, 5.74) is 2.43. The first kappa shape index (κ1) is 16.0. The molecule has 0 radical (unpaired) electrons. The number of esters is 1. The van der Waals surface area contributed by atoms with Gasteiger partial charge in [-0.15, -0.1) is 0 Å². The average molecular weight is 322 g/mol. The molecular weight excluding hydrogens is 304 g/mol. The van der Waals surface area contributed by atoms with Gasteiger partial charge in [-0.25, -0.2) is 0 Å². The molecule has 0 fully saturated rings. The maximum Gasteiger partial charge on any atom is 0.308 e. The molecule has 3 rings (SSSR count). The van der Waals surface area contributed by atoms with E-state index >= 15 is 0 Å². The lowest BCUT2D eigenvalue weighted by Crippen LogP contribution is -2.08. The van der Waals surface area contributed by atoms with E-state index in [1.165, 1.54) is 13.2 Å². The van der Waals surface area contributed by atoms with E-state index in [9.17, 15) is 9.59 Å². The molecule has 0 amide bonds. The van der Waals surface area contributed by atoms with Crippen molar-refractivity contribution in [1.29, 1.82) is 0 Å². The highest BCUT2D eigenvalue weighted by atomic mass is 16.5. The van der Waals surface area contributed by atoms with E-state index in [0.29, 0.717) is 22.3 Å². The molecule has 0 aliphatic rings. The Balaban J connectivity index is 2.25. The predicted octanol–water partition coefficient (Wildman–Crippen LogP) is 4.51. The van der Waals surface area contributed by atoms with E-state index in [1.54, 1.807) is 12.1 Å². The van der Waals surface area contributed by atoms with Crippen LogP contribution in [0.5, 0.6) is 5.75 Å². The van der Waals surface area contributed by atoms with Crippen LogP contribution in [0.3, 0.4) is 0 Å². The minimum Gasteiger partial charge on any atom is -0.463 e. The fourth-order valence-electron chi connectivity index (χ4n) is 2.69. The third kappa shape index (κ3) is 2.95. The van der Waals surface area contributed by atoms with Crippen LogP contribution in [-0.4, -0.2) is 5.97 Å². The molecule has 0 atom stereocenters. The molecule has 0 unspecified atom stereocenters. The van der Waals surface area contributed by atoms with Gasteiger partial charge in [-0.2, -0.15) is 0 Å². The Kier molecular flexibility index (Phi) is 4.21. The van der Waals surface area contributed by atoms with E-state index < -0.39 is 5.97 Å². The van der Waals surface area contributed by atoms with Gasteiger partial charge in [-0.3, -0.25) is 9.59 Å². The van der Waals surface area contributed by atoms with Gasteiger partial charge in [0, 0.05) is 13.0 Å². The van der Waals surface area contributed by atoms with Gasteiger partial charge in [-0.1, -0.05) is 44.2 Å². The van der Waals surface area contributed by atoms with E-state index in [0.717, 1.165) is 11.1 Å². The van der Waals surface area contributed by atoms with Gasteiger partial charge in [0.05, 0.1) is 10.9 Å². The molecule has 0 N–H and O–H groups in total. The Labute approximate surface area is 139 Å². The first-order chi connectivity index (χ1) is 11.5. The molecule has 4 nitrogen and oxygen atoms in total. The fraction of sp³-hybridized carbons (Fsp3) is 0.200. The Bertz CT molecular complexity index is 953. The molecule has 24 heavy (non-hydrogen) atoms. The first-order valence-corrected chi connectivity index (χ1v) is 7.80. The molecule has 122 valence electrons. The second-order valence-electron chi connectivity index (χ2n) is 5.98. The summed E-state index contributed by atoms with van der Waals surface area (Å²) >= 11 is 0. The van der Waals surface area contributed by atoms with Crippen LogP contribution in [0.1, 0.15) is 32.3 Å². The van der Waals surface area contributed by atoms with Crippen LogP contribution < -0.4 is 10.2 Å². The SMILES string of the molecule is CC(=O)Oc1cc2occ(-c3ccccc3)c(=O)c2cc1C(C)C.